The van der Waals surface area contributed by atoms with Crippen LogP contribution in [0.5, 0.6) is 11.5 Å². The molecule has 47 heavy (non-hydrogen) atoms. The molecule has 0 amide bonds. The van der Waals surface area contributed by atoms with Crippen molar-refractivity contribution in [3.63, 3.8) is 0 Å². The van der Waals surface area contributed by atoms with E-state index in [2.05, 4.69) is 16.4 Å². The Morgan fingerprint density at radius 1 is 0.596 bits per heavy atom. The third-order valence-corrected chi connectivity index (χ3v) is 7.56. The summed E-state index contributed by atoms with van der Waals surface area (Å²) in [5.74, 6) is -7.01. The predicted molar refractivity (Wildman–Crippen MR) is 163 cm³/mol. The van der Waals surface area contributed by atoms with Gasteiger partial charge in [-0.1, -0.05) is 80.4 Å². The van der Waals surface area contributed by atoms with Crippen LogP contribution in [0, 0.1) is 23.3 Å². The first-order valence-corrected chi connectivity index (χ1v) is 14.8. The lowest BCUT2D eigenvalue weighted by Crippen LogP contribution is -2.22. The van der Waals surface area contributed by atoms with Crippen LogP contribution in [0.4, 0.5) is 35.1 Å². The summed E-state index contributed by atoms with van der Waals surface area (Å²) in [4.78, 5) is 0. The molecule has 0 aromatic heterocycles. The lowest BCUT2D eigenvalue weighted by atomic mass is 9.96. The monoisotopic (exact) mass is 656 g/mol. The lowest BCUT2D eigenvalue weighted by molar-refractivity contribution is -0.185. The summed E-state index contributed by atoms with van der Waals surface area (Å²) in [6.45, 7) is -1.38. The van der Waals surface area contributed by atoms with Gasteiger partial charge < -0.3 is 9.47 Å². The molecule has 0 aliphatic carbocycles. The molecule has 0 aliphatic rings. The average molecular weight is 657 g/mol. The van der Waals surface area contributed by atoms with Gasteiger partial charge in [-0.05, 0) is 64.9 Å². The van der Waals surface area contributed by atoms with Gasteiger partial charge in [0.15, 0.2) is 17.4 Å². The third kappa shape index (κ3) is 7.93. The molecule has 244 valence electrons. The van der Waals surface area contributed by atoms with Crippen molar-refractivity contribution in [2.75, 3.05) is 0 Å². The summed E-state index contributed by atoms with van der Waals surface area (Å²) < 4.78 is 121. The first-order chi connectivity index (χ1) is 22.4. The van der Waals surface area contributed by atoms with E-state index in [1.54, 1.807) is 12.1 Å². The maximum Gasteiger partial charge on any atom is 0.426 e. The Balaban J connectivity index is 1.29. The van der Waals surface area contributed by atoms with Gasteiger partial charge >= 0.3 is 12.7 Å². The van der Waals surface area contributed by atoms with Crippen molar-refractivity contribution in [3.8, 4) is 44.9 Å². The SMILES string of the molecule is CCCCCc1ccc(-c2ccc(-c3ccc(-c4ccc(C(F)(F)Oc5cc(F)c(OC(F)F)c(F)c5)cc4)c(F)c3)c(F)c2)cc1. The second-order valence-electron chi connectivity index (χ2n) is 10.8. The molecule has 0 aliphatic heterocycles. The summed E-state index contributed by atoms with van der Waals surface area (Å²) in [6.07, 6.45) is 0.293. The summed E-state index contributed by atoms with van der Waals surface area (Å²) in [7, 11) is 0. The summed E-state index contributed by atoms with van der Waals surface area (Å²) in [6, 6.07) is 21.5. The third-order valence-electron chi connectivity index (χ3n) is 7.56. The van der Waals surface area contributed by atoms with Crippen LogP contribution in [0.25, 0.3) is 33.4 Å². The predicted octanol–water partition coefficient (Wildman–Crippen LogP) is 11.7. The summed E-state index contributed by atoms with van der Waals surface area (Å²) in [5, 5.41) is 0. The molecule has 0 radical (unpaired) electrons. The molecule has 5 aromatic rings. The molecular weight excluding hydrogens is 628 g/mol. The number of hydrogen-bond donors (Lipinski definition) is 0. The van der Waals surface area contributed by atoms with Crippen molar-refractivity contribution < 1.29 is 44.6 Å². The molecule has 0 unspecified atom stereocenters. The van der Waals surface area contributed by atoms with E-state index < -0.39 is 53.1 Å². The number of halogens is 8. The van der Waals surface area contributed by atoms with Crippen molar-refractivity contribution in [3.05, 3.63) is 131 Å². The minimum atomic E-state index is -4.11. The van der Waals surface area contributed by atoms with Gasteiger partial charge in [-0.3, -0.25) is 0 Å². The Bertz CT molecular complexity index is 1810. The van der Waals surface area contributed by atoms with E-state index in [4.69, 9.17) is 0 Å². The summed E-state index contributed by atoms with van der Waals surface area (Å²) >= 11 is 0. The fourth-order valence-corrected chi connectivity index (χ4v) is 5.14. The van der Waals surface area contributed by atoms with Crippen molar-refractivity contribution in [2.45, 2.75) is 45.3 Å². The van der Waals surface area contributed by atoms with Gasteiger partial charge in [0.05, 0.1) is 5.56 Å². The van der Waals surface area contributed by atoms with E-state index in [9.17, 15) is 26.3 Å². The molecule has 10 heteroatoms. The maximum atomic E-state index is 15.2. The second kappa shape index (κ2) is 14.3. The number of benzene rings is 5. The zero-order valence-electron chi connectivity index (χ0n) is 25.0. The zero-order valence-corrected chi connectivity index (χ0v) is 25.0. The van der Waals surface area contributed by atoms with Crippen LogP contribution in [-0.4, -0.2) is 6.61 Å². The van der Waals surface area contributed by atoms with E-state index >= 15 is 8.78 Å². The van der Waals surface area contributed by atoms with Crippen LogP contribution in [0.15, 0.2) is 97.1 Å². The maximum absolute atomic E-state index is 15.2. The Morgan fingerprint density at radius 3 is 1.70 bits per heavy atom. The van der Waals surface area contributed by atoms with Gasteiger partial charge in [-0.25, -0.2) is 17.6 Å². The highest BCUT2D eigenvalue weighted by atomic mass is 19.3. The van der Waals surface area contributed by atoms with E-state index in [-0.39, 0.29) is 34.4 Å². The molecular formula is C37H28F8O2. The lowest BCUT2D eigenvalue weighted by Gasteiger charge is -2.19. The molecule has 5 rings (SSSR count). The number of aryl methyl sites for hydroxylation is 1. The van der Waals surface area contributed by atoms with Crippen molar-refractivity contribution >= 4 is 0 Å². The number of hydrogen-bond acceptors (Lipinski definition) is 2. The Kier molecular flexibility index (Phi) is 10.2. The van der Waals surface area contributed by atoms with Crippen LogP contribution in [-0.2, 0) is 12.5 Å². The molecule has 0 bridgehead atoms. The number of ether oxygens (including phenoxy) is 2. The van der Waals surface area contributed by atoms with Crippen LogP contribution in [0.1, 0.15) is 37.3 Å². The molecule has 0 saturated heterocycles. The number of rotatable bonds is 12. The van der Waals surface area contributed by atoms with Gasteiger partial charge in [0.1, 0.15) is 17.4 Å². The molecule has 0 spiro atoms. The second-order valence-corrected chi connectivity index (χ2v) is 10.8. The van der Waals surface area contributed by atoms with Crippen molar-refractivity contribution in [1.29, 1.82) is 0 Å². The molecule has 0 atom stereocenters. The van der Waals surface area contributed by atoms with E-state index in [1.165, 1.54) is 35.9 Å². The quantitative estimate of drug-likeness (QED) is 0.0983. The minimum absolute atomic E-state index is 0.0550. The first kappa shape index (κ1) is 33.5. The van der Waals surface area contributed by atoms with Crippen LogP contribution in [0.2, 0.25) is 0 Å². The van der Waals surface area contributed by atoms with Gasteiger partial charge in [0.25, 0.3) is 0 Å². The van der Waals surface area contributed by atoms with Crippen molar-refractivity contribution in [2.24, 2.45) is 0 Å². The molecule has 0 saturated carbocycles. The first-order valence-electron chi connectivity index (χ1n) is 14.8. The fraction of sp³-hybridized carbons (Fsp3) is 0.189. The smallest absolute Gasteiger partial charge is 0.426 e. The largest absolute Gasteiger partial charge is 0.429 e. The molecule has 2 nitrogen and oxygen atoms in total. The Hall–Kier alpha value is -4.86. The van der Waals surface area contributed by atoms with Crippen molar-refractivity contribution in [1.82, 2.24) is 0 Å². The molecule has 0 heterocycles. The van der Waals surface area contributed by atoms with E-state index in [0.29, 0.717) is 5.56 Å². The highest BCUT2D eigenvalue weighted by Crippen LogP contribution is 2.37. The van der Waals surface area contributed by atoms with Gasteiger partial charge in [0, 0.05) is 23.3 Å². The highest BCUT2D eigenvalue weighted by Gasteiger charge is 2.35. The van der Waals surface area contributed by atoms with E-state index in [0.717, 1.165) is 49.4 Å². The highest BCUT2D eigenvalue weighted by molar-refractivity contribution is 5.74. The van der Waals surface area contributed by atoms with Crippen LogP contribution >= 0.6 is 0 Å². The fourth-order valence-electron chi connectivity index (χ4n) is 5.14. The summed E-state index contributed by atoms with van der Waals surface area (Å²) in [5.41, 5.74) is 2.75. The van der Waals surface area contributed by atoms with Gasteiger partial charge in [-0.15, -0.1) is 0 Å². The standard InChI is InChI=1S/C37H28F8O2/c1-2-3-4-5-22-6-8-23(9-7-22)25-12-16-30(31(38)18-25)26-13-17-29(32(39)19-26)24-10-14-27(15-11-24)37(44,45)47-28-20-33(40)35(34(41)21-28)46-36(42)43/h6-21,36H,2-5H2,1H3. The molecule has 0 N–H and O–H groups in total. The normalized spacial score (nSPS) is 11.6. The van der Waals surface area contributed by atoms with Gasteiger partial charge in [0.2, 0.25) is 0 Å². The zero-order chi connectivity index (χ0) is 33.7. The topological polar surface area (TPSA) is 18.5 Å². The Labute approximate surface area is 266 Å². The average Bonchev–Trinajstić information content (AvgIpc) is 3.03. The van der Waals surface area contributed by atoms with Crippen LogP contribution in [0.3, 0.4) is 0 Å². The van der Waals surface area contributed by atoms with E-state index in [1.807, 2.05) is 24.3 Å². The molecule has 5 aromatic carbocycles. The van der Waals surface area contributed by atoms with Gasteiger partial charge in [-0.2, -0.15) is 17.6 Å². The molecule has 0 fully saturated rings. The van der Waals surface area contributed by atoms with Crippen LogP contribution < -0.4 is 9.47 Å². The number of alkyl halides is 4. The minimum Gasteiger partial charge on any atom is -0.429 e. The number of unbranched alkanes of at least 4 members (excludes halogenated alkanes) is 2. The Morgan fingerprint density at radius 2 is 1.13 bits per heavy atom.